The number of aryl methyl sites for hydroxylation is 4. The van der Waals surface area contributed by atoms with Gasteiger partial charge in [-0.3, -0.25) is 9.59 Å². The Labute approximate surface area is 181 Å². The predicted octanol–water partition coefficient (Wildman–Crippen LogP) is 3.48. The largest absolute Gasteiger partial charge is 0.477 e. The molecule has 2 N–H and O–H groups in total. The summed E-state index contributed by atoms with van der Waals surface area (Å²) in [6, 6.07) is 5.40. The van der Waals surface area contributed by atoms with E-state index in [9.17, 15) is 23.9 Å². The van der Waals surface area contributed by atoms with Crippen molar-refractivity contribution in [3.63, 3.8) is 0 Å². The molecule has 0 bridgehead atoms. The number of H-pyrrole nitrogens is 1. The number of aromatic amines is 1. The lowest BCUT2D eigenvalue weighted by Gasteiger charge is -2.17. The van der Waals surface area contributed by atoms with Gasteiger partial charge in [0, 0.05) is 42.9 Å². The number of carboxylic acids is 1. The number of halogens is 1. The molecule has 3 aromatic heterocycles. The topological polar surface area (TPSA) is 106 Å². The second-order valence-electron chi connectivity index (χ2n) is 7.71. The van der Waals surface area contributed by atoms with Crippen LogP contribution >= 0.6 is 0 Å². The Kier molecular flexibility index (Phi) is 4.96. The van der Waals surface area contributed by atoms with E-state index in [1.165, 1.54) is 52.8 Å². The number of hydrogen-bond acceptors (Lipinski definition) is 4. The Morgan fingerprint density at radius 3 is 2.28 bits per heavy atom. The van der Waals surface area contributed by atoms with E-state index in [0.717, 1.165) is 0 Å². The number of aromatic nitrogens is 3. The molecule has 3 heterocycles. The van der Waals surface area contributed by atoms with Crippen LogP contribution in [0.4, 0.5) is 4.39 Å². The molecule has 0 atom stereocenters. The zero-order valence-electron chi connectivity index (χ0n) is 17.8. The molecule has 0 radical (unpaired) electrons. The Hall–Kier alpha value is -4.14. The molecule has 32 heavy (non-hydrogen) atoms. The SMILES string of the molecule is Cc1cc(F)cc(C)c1Oc1cn(C)c(=O)cc1-c1cn(C)c(=O)c2[nH]c(C(=O)O)cc12. The number of rotatable bonds is 4. The number of fused-ring (bicyclic) bond motifs is 1. The van der Waals surface area contributed by atoms with Crippen molar-refractivity contribution in [3.05, 3.63) is 80.0 Å². The highest BCUT2D eigenvalue weighted by Gasteiger charge is 2.20. The summed E-state index contributed by atoms with van der Waals surface area (Å²) in [6.07, 6.45) is 3.03. The number of nitrogens with one attached hydrogen (secondary N) is 1. The third-order valence-electron chi connectivity index (χ3n) is 5.31. The van der Waals surface area contributed by atoms with E-state index in [4.69, 9.17) is 4.74 Å². The number of pyridine rings is 2. The van der Waals surface area contributed by atoms with Crippen molar-refractivity contribution < 1.29 is 19.0 Å². The molecule has 4 aromatic rings. The Morgan fingerprint density at radius 1 is 1.00 bits per heavy atom. The van der Waals surface area contributed by atoms with Crippen LogP contribution in [0.3, 0.4) is 0 Å². The molecular formula is C23H20FN3O5. The van der Waals surface area contributed by atoms with Crippen LogP contribution < -0.4 is 15.9 Å². The summed E-state index contributed by atoms with van der Waals surface area (Å²) >= 11 is 0. The van der Waals surface area contributed by atoms with E-state index in [2.05, 4.69) is 4.98 Å². The number of hydrogen-bond donors (Lipinski definition) is 2. The Morgan fingerprint density at radius 2 is 1.66 bits per heavy atom. The summed E-state index contributed by atoms with van der Waals surface area (Å²) in [4.78, 5) is 39.2. The van der Waals surface area contributed by atoms with Gasteiger partial charge in [-0.15, -0.1) is 0 Å². The highest BCUT2D eigenvalue weighted by molar-refractivity contribution is 6.01. The molecular weight excluding hydrogens is 417 g/mol. The fraction of sp³-hybridized carbons (Fsp3) is 0.174. The first-order valence-corrected chi connectivity index (χ1v) is 9.68. The average Bonchev–Trinajstić information content (AvgIpc) is 3.16. The minimum Gasteiger partial charge on any atom is -0.477 e. The summed E-state index contributed by atoms with van der Waals surface area (Å²) in [6.45, 7) is 3.42. The lowest BCUT2D eigenvalue weighted by Crippen LogP contribution is -2.18. The molecule has 0 fully saturated rings. The van der Waals surface area contributed by atoms with Crippen LogP contribution in [0.15, 0.2) is 46.2 Å². The minimum absolute atomic E-state index is 0.100. The predicted molar refractivity (Wildman–Crippen MR) is 117 cm³/mol. The number of benzene rings is 1. The van der Waals surface area contributed by atoms with Gasteiger partial charge < -0.3 is 24.0 Å². The standard InChI is InChI=1S/C23H20FN3O5/c1-11-5-13(24)6-12(2)21(11)32-18-10-26(3)19(28)8-14(18)16-9-27(4)22(29)20-15(16)7-17(25-20)23(30)31/h5-10,25H,1-4H3,(H,30,31). The van der Waals surface area contributed by atoms with Crippen molar-refractivity contribution in [3.8, 4) is 22.6 Å². The van der Waals surface area contributed by atoms with Gasteiger partial charge in [-0.2, -0.15) is 0 Å². The van der Waals surface area contributed by atoms with Crippen molar-refractivity contribution in [1.29, 1.82) is 0 Å². The van der Waals surface area contributed by atoms with Gasteiger partial charge in [0.1, 0.15) is 22.8 Å². The number of ether oxygens (including phenoxy) is 1. The highest BCUT2D eigenvalue weighted by atomic mass is 19.1. The maximum absolute atomic E-state index is 13.7. The molecule has 0 spiro atoms. The molecule has 164 valence electrons. The third-order valence-corrected chi connectivity index (χ3v) is 5.31. The fourth-order valence-electron chi connectivity index (χ4n) is 3.73. The molecule has 1 aromatic carbocycles. The van der Waals surface area contributed by atoms with Gasteiger partial charge in [0.25, 0.3) is 11.1 Å². The lowest BCUT2D eigenvalue weighted by molar-refractivity contribution is 0.0691. The van der Waals surface area contributed by atoms with Crippen LogP contribution in [0.25, 0.3) is 22.0 Å². The zero-order valence-corrected chi connectivity index (χ0v) is 17.8. The average molecular weight is 437 g/mol. The van der Waals surface area contributed by atoms with Crippen LogP contribution in [0.5, 0.6) is 11.5 Å². The summed E-state index contributed by atoms with van der Waals surface area (Å²) in [7, 11) is 3.10. The zero-order chi connectivity index (χ0) is 23.3. The number of aromatic carboxylic acids is 1. The van der Waals surface area contributed by atoms with Gasteiger partial charge >= 0.3 is 5.97 Å². The van der Waals surface area contributed by atoms with E-state index in [1.807, 2.05) is 0 Å². The second-order valence-corrected chi connectivity index (χ2v) is 7.71. The van der Waals surface area contributed by atoms with Crippen LogP contribution in [0.2, 0.25) is 0 Å². The molecule has 8 nitrogen and oxygen atoms in total. The van der Waals surface area contributed by atoms with E-state index in [1.54, 1.807) is 20.9 Å². The fourth-order valence-corrected chi connectivity index (χ4v) is 3.73. The van der Waals surface area contributed by atoms with Crippen molar-refractivity contribution >= 4 is 16.9 Å². The molecule has 0 aliphatic carbocycles. The van der Waals surface area contributed by atoms with Gasteiger partial charge in [0.15, 0.2) is 5.75 Å². The lowest BCUT2D eigenvalue weighted by atomic mass is 10.0. The molecule has 0 amide bonds. The molecule has 9 heteroatoms. The normalized spacial score (nSPS) is 11.2. The van der Waals surface area contributed by atoms with Gasteiger partial charge in [0.05, 0.1) is 6.20 Å². The second kappa shape index (κ2) is 7.52. The number of nitrogens with zero attached hydrogens (tertiary/aromatic N) is 2. The molecule has 0 saturated carbocycles. The summed E-state index contributed by atoms with van der Waals surface area (Å²) < 4.78 is 22.5. The first-order valence-electron chi connectivity index (χ1n) is 9.68. The summed E-state index contributed by atoms with van der Waals surface area (Å²) in [5.74, 6) is -0.871. The van der Waals surface area contributed by atoms with E-state index >= 15 is 0 Å². The van der Waals surface area contributed by atoms with Crippen molar-refractivity contribution in [1.82, 2.24) is 14.1 Å². The van der Waals surface area contributed by atoms with Gasteiger partial charge in [-0.1, -0.05) is 0 Å². The molecule has 0 saturated heterocycles. The maximum Gasteiger partial charge on any atom is 0.352 e. The van der Waals surface area contributed by atoms with Crippen LogP contribution in [-0.4, -0.2) is 25.2 Å². The first kappa shape index (κ1) is 21.1. The Bertz CT molecular complexity index is 1500. The van der Waals surface area contributed by atoms with E-state index < -0.39 is 11.5 Å². The van der Waals surface area contributed by atoms with Gasteiger partial charge in [-0.05, 0) is 43.2 Å². The molecule has 4 rings (SSSR count). The summed E-state index contributed by atoms with van der Waals surface area (Å²) in [5, 5.41) is 9.72. The third kappa shape index (κ3) is 3.47. The smallest absolute Gasteiger partial charge is 0.352 e. The highest BCUT2D eigenvalue weighted by Crippen LogP contribution is 2.37. The molecule has 0 aliphatic heterocycles. The maximum atomic E-state index is 13.7. The van der Waals surface area contributed by atoms with Crippen LogP contribution in [-0.2, 0) is 14.1 Å². The van der Waals surface area contributed by atoms with Crippen molar-refractivity contribution in [2.75, 3.05) is 0 Å². The quantitative estimate of drug-likeness (QED) is 0.508. The van der Waals surface area contributed by atoms with Crippen LogP contribution in [0, 0.1) is 19.7 Å². The van der Waals surface area contributed by atoms with E-state index in [0.29, 0.717) is 39.1 Å². The van der Waals surface area contributed by atoms with Crippen molar-refractivity contribution in [2.45, 2.75) is 13.8 Å². The number of carbonyl (C=O) groups is 1. The van der Waals surface area contributed by atoms with Gasteiger partial charge in [-0.25, -0.2) is 9.18 Å². The van der Waals surface area contributed by atoms with Gasteiger partial charge in [0.2, 0.25) is 0 Å². The van der Waals surface area contributed by atoms with Crippen molar-refractivity contribution in [2.24, 2.45) is 14.1 Å². The van der Waals surface area contributed by atoms with Crippen LogP contribution in [0.1, 0.15) is 21.6 Å². The molecule has 0 aliphatic rings. The Balaban J connectivity index is 2.02. The first-order chi connectivity index (χ1) is 15.1. The molecule has 0 unspecified atom stereocenters. The minimum atomic E-state index is -1.22. The number of carboxylic acid groups (broad SMARTS) is 1. The monoisotopic (exact) mass is 437 g/mol. The van der Waals surface area contributed by atoms with E-state index in [-0.39, 0.29) is 22.6 Å². The summed E-state index contributed by atoms with van der Waals surface area (Å²) in [5.41, 5.74) is 1.17.